The molecule has 0 aromatic carbocycles. The van der Waals surface area contributed by atoms with Gasteiger partial charge in [0.25, 0.3) is 0 Å². The predicted molar refractivity (Wildman–Crippen MR) is 79.9 cm³/mol. The van der Waals surface area contributed by atoms with E-state index in [9.17, 15) is 4.79 Å². The highest BCUT2D eigenvalue weighted by molar-refractivity contribution is 5.76. The Hall–Kier alpha value is -2.28. The summed E-state index contributed by atoms with van der Waals surface area (Å²) in [5.74, 6) is 1.06. The number of hydrogen-bond donors (Lipinski definition) is 1. The molecule has 116 valence electrons. The highest BCUT2D eigenvalue weighted by atomic mass is 16.5. The molecule has 7 heteroatoms. The average molecular weight is 301 g/mol. The molecule has 0 radical (unpaired) electrons. The number of amides is 1. The number of rotatable bonds is 4. The molecule has 2 aromatic heterocycles. The first-order chi connectivity index (χ1) is 10.7. The number of aromatic nitrogens is 3. The van der Waals surface area contributed by atoms with E-state index in [4.69, 9.17) is 4.52 Å². The number of piperazine rings is 1. The van der Waals surface area contributed by atoms with Gasteiger partial charge < -0.3 is 14.7 Å². The van der Waals surface area contributed by atoms with Crippen LogP contribution in [0.5, 0.6) is 0 Å². The summed E-state index contributed by atoms with van der Waals surface area (Å²) in [5, 5.41) is 7.18. The number of nitrogens with one attached hydrogen (secondary N) is 1. The molecule has 1 saturated heterocycles. The van der Waals surface area contributed by atoms with Crippen LogP contribution in [-0.2, 0) is 11.2 Å². The summed E-state index contributed by atoms with van der Waals surface area (Å²) < 4.78 is 5.20. The van der Waals surface area contributed by atoms with Gasteiger partial charge in [0.1, 0.15) is 5.69 Å². The highest BCUT2D eigenvalue weighted by Crippen LogP contribution is 2.13. The molecule has 1 amide bonds. The van der Waals surface area contributed by atoms with Crippen molar-refractivity contribution in [1.82, 2.24) is 25.3 Å². The quantitative estimate of drug-likeness (QED) is 0.902. The lowest BCUT2D eigenvalue weighted by Gasteiger charge is -2.34. The summed E-state index contributed by atoms with van der Waals surface area (Å²) in [5.41, 5.74) is 0.666. The van der Waals surface area contributed by atoms with Gasteiger partial charge in [-0.3, -0.25) is 9.78 Å². The van der Waals surface area contributed by atoms with Gasteiger partial charge in [-0.25, -0.2) is 0 Å². The molecular weight excluding hydrogens is 282 g/mol. The molecule has 22 heavy (non-hydrogen) atoms. The first-order valence-electron chi connectivity index (χ1n) is 7.48. The van der Waals surface area contributed by atoms with Crippen molar-refractivity contribution >= 4 is 5.91 Å². The third kappa shape index (κ3) is 3.30. The third-order valence-corrected chi connectivity index (χ3v) is 3.74. The van der Waals surface area contributed by atoms with Crippen LogP contribution in [0.2, 0.25) is 0 Å². The number of carbonyl (C=O) groups excluding carboxylic acids is 1. The van der Waals surface area contributed by atoms with Crippen molar-refractivity contribution < 1.29 is 9.32 Å². The Morgan fingerprint density at radius 3 is 3.18 bits per heavy atom. The van der Waals surface area contributed by atoms with Crippen LogP contribution in [0.15, 0.2) is 28.9 Å². The fourth-order valence-corrected chi connectivity index (χ4v) is 2.52. The summed E-state index contributed by atoms with van der Waals surface area (Å²) in [4.78, 5) is 22.6. The third-order valence-electron chi connectivity index (χ3n) is 3.74. The van der Waals surface area contributed by atoms with E-state index in [2.05, 4.69) is 27.4 Å². The smallest absolute Gasteiger partial charge is 0.227 e. The van der Waals surface area contributed by atoms with E-state index < -0.39 is 0 Å². The van der Waals surface area contributed by atoms with Gasteiger partial charge in [0.2, 0.25) is 17.6 Å². The number of nitrogens with zero attached hydrogens (tertiary/aromatic N) is 4. The van der Waals surface area contributed by atoms with Gasteiger partial charge in [-0.1, -0.05) is 11.2 Å². The summed E-state index contributed by atoms with van der Waals surface area (Å²) in [6.45, 7) is 4.50. The van der Waals surface area contributed by atoms with E-state index in [1.165, 1.54) is 0 Å². The first-order valence-corrected chi connectivity index (χ1v) is 7.48. The molecule has 0 unspecified atom stereocenters. The van der Waals surface area contributed by atoms with Crippen molar-refractivity contribution in [2.75, 3.05) is 19.6 Å². The average Bonchev–Trinajstić information content (AvgIpc) is 3.03. The number of hydrogen-bond acceptors (Lipinski definition) is 6. The topological polar surface area (TPSA) is 84.2 Å². The van der Waals surface area contributed by atoms with Gasteiger partial charge >= 0.3 is 0 Å². The maximum atomic E-state index is 12.3. The van der Waals surface area contributed by atoms with Crippen molar-refractivity contribution in [3.05, 3.63) is 30.3 Å². The Kier molecular flexibility index (Phi) is 4.43. The van der Waals surface area contributed by atoms with Crippen LogP contribution in [0.1, 0.15) is 19.2 Å². The van der Waals surface area contributed by atoms with Crippen LogP contribution < -0.4 is 5.32 Å². The van der Waals surface area contributed by atoms with Crippen molar-refractivity contribution in [2.24, 2.45) is 0 Å². The number of aryl methyl sites for hydroxylation is 1. The van der Waals surface area contributed by atoms with Crippen molar-refractivity contribution in [1.29, 1.82) is 0 Å². The number of pyridine rings is 1. The molecule has 0 saturated carbocycles. The van der Waals surface area contributed by atoms with Gasteiger partial charge in [-0.05, 0) is 19.1 Å². The zero-order chi connectivity index (χ0) is 15.4. The second-order valence-electron chi connectivity index (χ2n) is 5.37. The molecule has 1 N–H and O–H groups in total. The van der Waals surface area contributed by atoms with E-state index >= 15 is 0 Å². The Labute approximate surface area is 128 Å². The van der Waals surface area contributed by atoms with Gasteiger partial charge in [0, 0.05) is 44.7 Å². The normalized spacial score (nSPS) is 18.4. The fraction of sp³-hybridized carbons (Fsp3) is 0.467. The monoisotopic (exact) mass is 301 g/mol. The second kappa shape index (κ2) is 6.65. The molecule has 1 atom stereocenters. The van der Waals surface area contributed by atoms with Gasteiger partial charge in [0.05, 0.1) is 0 Å². The molecule has 0 spiro atoms. The van der Waals surface area contributed by atoms with Crippen LogP contribution in [0.4, 0.5) is 0 Å². The van der Waals surface area contributed by atoms with Gasteiger partial charge in [-0.2, -0.15) is 4.98 Å². The lowest BCUT2D eigenvalue weighted by molar-refractivity contribution is -0.134. The molecule has 1 aliphatic rings. The molecular formula is C15H19N5O2. The lowest BCUT2D eigenvalue weighted by atomic mass is 10.2. The minimum atomic E-state index is 0.131. The molecule has 3 heterocycles. The van der Waals surface area contributed by atoms with E-state index in [0.717, 1.165) is 19.6 Å². The first kappa shape index (κ1) is 14.6. The van der Waals surface area contributed by atoms with Crippen LogP contribution in [0.25, 0.3) is 11.5 Å². The second-order valence-corrected chi connectivity index (χ2v) is 5.37. The zero-order valence-electron chi connectivity index (χ0n) is 12.5. The van der Waals surface area contributed by atoms with E-state index in [-0.39, 0.29) is 11.9 Å². The molecule has 3 rings (SSSR count). The van der Waals surface area contributed by atoms with Crippen LogP contribution in [-0.4, -0.2) is 51.6 Å². The molecule has 1 fully saturated rings. The maximum Gasteiger partial charge on any atom is 0.227 e. The van der Waals surface area contributed by atoms with Crippen molar-refractivity contribution in [3.63, 3.8) is 0 Å². The van der Waals surface area contributed by atoms with Gasteiger partial charge in [0.15, 0.2) is 0 Å². The van der Waals surface area contributed by atoms with Crippen LogP contribution in [0.3, 0.4) is 0 Å². The minimum Gasteiger partial charge on any atom is -0.339 e. The zero-order valence-corrected chi connectivity index (χ0v) is 12.5. The Balaban J connectivity index is 1.58. The Morgan fingerprint density at radius 1 is 1.50 bits per heavy atom. The Bertz CT molecular complexity index is 628. The largest absolute Gasteiger partial charge is 0.339 e. The van der Waals surface area contributed by atoms with Crippen LogP contribution >= 0.6 is 0 Å². The summed E-state index contributed by atoms with van der Waals surface area (Å²) >= 11 is 0. The molecule has 0 aliphatic carbocycles. The minimum absolute atomic E-state index is 0.131. The van der Waals surface area contributed by atoms with E-state index in [1.54, 1.807) is 6.20 Å². The standard InChI is InChI=1S/C15H19N5O2/c1-11-10-16-8-9-20(11)14(21)6-5-13-18-15(19-22-13)12-4-2-3-7-17-12/h2-4,7,11,16H,5-6,8-10H2,1H3/t11-/m1/s1. The highest BCUT2D eigenvalue weighted by Gasteiger charge is 2.23. The maximum absolute atomic E-state index is 12.3. The predicted octanol–water partition coefficient (Wildman–Crippen LogP) is 0.884. The van der Waals surface area contributed by atoms with Crippen molar-refractivity contribution in [2.45, 2.75) is 25.8 Å². The van der Waals surface area contributed by atoms with E-state index in [1.807, 2.05) is 23.1 Å². The number of carbonyl (C=O) groups is 1. The molecule has 1 aliphatic heterocycles. The van der Waals surface area contributed by atoms with Crippen LogP contribution in [0, 0.1) is 0 Å². The van der Waals surface area contributed by atoms with Gasteiger partial charge in [-0.15, -0.1) is 0 Å². The molecule has 0 bridgehead atoms. The SMILES string of the molecule is C[C@@H]1CNCCN1C(=O)CCc1nc(-c2ccccn2)no1. The Morgan fingerprint density at radius 2 is 2.41 bits per heavy atom. The van der Waals surface area contributed by atoms with E-state index in [0.29, 0.717) is 30.3 Å². The molecule has 2 aromatic rings. The molecule has 7 nitrogen and oxygen atoms in total. The van der Waals surface area contributed by atoms with Crippen molar-refractivity contribution in [3.8, 4) is 11.5 Å². The summed E-state index contributed by atoms with van der Waals surface area (Å²) in [7, 11) is 0. The lowest BCUT2D eigenvalue weighted by Crippen LogP contribution is -2.52. The summed E-state index contributed by atoms with van der Waals surface area (Å²) in [6, 6.07) is 5.75. The summed E-state index contributed by atoms with van der Waals surface area (Å²) in [6.07, 6.45) is 2.52. The fourth-order valence-electron chi connectivity index (χ4n) is 2.52.